The van der Waals surface area contributed by atoms with E-state index in [1.54, 1.807) is 13.0 Å². The van der Waals surface area contributed by atoms with Crippen molar-refractivity contribution in [3.05, 3.63) is 23.8 Å². The second-order valence-electron chi connectivity index (χ2n) is 5.12. The second-order valence-corrected chi connectivity index (χ2v) is 5.12. The van der Waals surface area contributed by atoms with Crippen LogP contribution in [0.3, 0.4) is 0 Å². The average Bonchev–Trinajstić information content (AvgIpc) is 2.18. The molecule has 1 aliphatic carbocycles. The van der Waals surface area contributed by atoms with Crippen molar-refractivity contribution in [2.45, 2.75) is 52.9 Å². The van der Waals surface area contributed by atoms with Crippen molar-refractivity contribution in [3.8, 4) is 0 Å². The molecule has 0 amide bonds. The van der Waals surface area contributed by atoms with Gasteiger partial charge >= 0.3 is 0 Å². The van der Waals surface area contributed by atoms with Gasteiger partial charge in [-0.1, -0.05) is 24.6 Å². The van der Waals surface area contributed by atoms with Crippen LogP contribution in [0.4, 0.5) is 0 Å². The summed E-state index contributed by atoms with van der Waals surface area (Å²) in [5.74, 6) is 0.152. The topological polar surface area (TPSA) is 17.1 Å². The Morgan fingerprint density at radius 1 is 1.60 bits per heavy atom. The van der Waals surface area contributed by atoms with Crippen molar-refractivity contribution in [1.82, 2.24) is 0 Å². The summed E-state index contributed by atoms with van der Waals surface area (Å²) in [6, 6.07) is 0. The van der Waals surface area contributed by atoms with E-state index >= 15 is 0 Å². The lowest BCUT2D eigenvalue weighted by Gasteiger charge is -2.32. The number of carbonyl (C=O) groups is 1. The van der Waals surface area contributed by atoms with Crippen LogP contribution in [0.2, 0.25) is 0 Å². The molecule has 1 unspecified atom stereocenters. The molecule has 1 nitrogen and oxygen atoms in total. The Labute approximate surface area is 93.3 Å². The third kappa shape index (κ3) is 4.46. The van der Waals surface area contributed by atoms with E-state index in [1.807, 2.05) is 6.08 Å². The highest BCUT2D eigenvalue weighted by atomic mass is 16.1. The molecule has 1 aliphatic rings. The molecule has 0 saturated heterocycles. The third-order valence-corrected chi connectivity index (χ3v) is 3.33. The van der Waals surface area contributed by atoms with E-state index in [4.69, 9.17) is 0 Å². The molecule has 0 aromatic carbocycles. The molecule has 1 rings (SSSR count). The molecule has 0 aromatic heterocycles. The monoisotopic (exact) mass is 206 g/mol. The molecule has 0 aliphatic heterocycles. The van der Waals surface area contributed by atoms with Crippen molar-refractivity contribution in [1.29, 1.82) is 0 Å². The fourth-order valence-corrected chi connectivity index (χ4v) is 2.03. The number of hydrogen-bond acceptors (Lipinski definition) is 1. The maximum absolute atomic E-state index is 10.7. The van der Waals surface area contributed by atoms with E-state index in [0.717, 1.165) is 6.42 Å². The molecule has 0 radical (unpaired) electrons. The minimum Gasteiger partial charge on any atom is -0.295 e. The number of carbonyl (C=O) groups excluding carboxylic acids is 1. The number of hydrogen-bond donors (Lipinski definition) is 0. The van der Waals surface area contributed by atoms with Crippen LogP contribution in [0.1, 0.15) is 52.9 Å². The lowest BCUT2D eigenvalue weighted by Crippen LogP contribution is -2.18. The first kappa shape index (κ1) is 12.2. The zero-order chi connectivity index (χ0) is 11.3. The van der Waals surface area contributed by atoms with Crippen molar-refractivity contribution in [2.75, 3.05) is 0 Å². The highest BCUT2D eigenvalue weighted by molar-refractivity contribution is 5.87. The predicted octanol–water partition coefficient (Wildman–Crippen LogP) is 4.05. The van der Waals surface area contributed by atoms with Gasteiger partial charge in [0.2, 0.25) is 0 Å². The summed E-state index contributed by atoms with van der Waals surface area (Å²) in [5.41, 5.74) is 1.99. The Balaban J connectivity index is 2.35. The van der Waals surface area contributed by atoms with Crippen molar-refractivity contribution < 1.29 is 4.79 Å². The van der Waals surface area contributed by atoms with Crippen LogP contribution in [-0.2, 0) is 4.79 Å². The van der Waals surface area contributed by atoms with Gasteiger partial charge in [0.15, 0.2) is 5.78 Å². The SMILES string of the molecule is CC(=O)/C=C/CCC1(C)CC=C(C)CC1. The van der Waals surface area contributed by atoms with E-state index in [-0.39, 0.29) is 5.78 Å². The molecule has 0 heterocycles. The molecule has 84 valence electrons. The standard InChI is InChI=1S/C14H22O/c1-12-7-10-14(3,11-8-12)9-5-4-6-13(2)15/h4,6-7H,5,8-11H2,1-3H3/b6-4+. The van der Waals surface area contributed by atoms with Crippen LogP contribution in [0.25, 0.3) is 0 Å². The highest BCUT2D eigenvalue weighted by Gasteiger charge is 2.24. The highest BCUT2D eigenvalue weighted by Crippen LogP contribution is 2.38. The van der Waals surface area contributed by atoms with Crippen LogP contribution in [0, 0.1) is 5.41 Å². The van der Waals surface area contributed by atoms with E-state index in [9.17, 15) is 4.79 Å². The number of allylic oxidation sites excluding steroid dienone is 4. The molecule has 0 aromatic rings. The molecule has 0 bridgehead atoms. The molecule has 0 N–H and O–H groups in total. The average molecular weight is 206 g/mol. The molecule has 1 heteroatoms. The maximum Gasteiger partial charge on any atom is 0.152 e. The van der Waals surface area contributed by atoms with Gasteiger partial charge in [-0.05, 0) is 57.4 Å². The van der Waals surface area contributed by atoms with Gasteiger partial charge in [0, 0.05) is 0 Å². The van der Waals surface area contributed by atoms with Gasteiger partial charge in [0.05, 0.1) is 0 Å². The predicted molar refractivity (Wildman–Crippen MR) is 64.8 cm³/mol. The Morgan fingerprint density at radius 3 is 2.87 bits per heavy atom. The molecule has 0 spiro atoms. The summed E-state index contributed by atoms with van der Waals surface area (Å²) in [7, 11) is 0. The molecule has 15 heavy (non-hydrogen) atoms. The van der Waals surface area contributed by atoms with E-state index in [1.165, 1.54) is 31.3 Å². The summed E-state index contributed by atoms with van der Waals surface area (Å²) in [6.45, 7) is 6.18. The van der Waals surface area contributed by atoms with Crippen LogP contribution in [0.15, 0.2) is 23.8 Å². The van der Waals surface area contributed by atoms with Gasteiger partial charge in [-0.3, -0.25) is 4.79 Å². The first-order valence-electron chi connectivity index (χ1n) is 5.85. The van der Waals surface area contributed by atoms with Crippen LogP contribution in [-0.4, -0.2) is 5.78 Å². The number of rotatable bonds is 4. The molecule has 1 atom stereocenters. The maximum atomic E-state index is 10.7. The zero-order valence-electron chi connectivity index (χ0n) is 10.2. The Kier molecular flexibility index (Phi) is 4.31. The fourth-order valence-electron chi connectivity index (χ4n) is 2.03. The van der Waals surface area contributed by atoms with Crippen LogP contribution < -0.4 is 0 Å². The third-order valence-electron chi connectivity index (χ3n) is 3.33. The Hall–Kier alpha value is -0.850. The molecule has 0 saturated carbocycles. The van der Waals surface area contributed by atoms with Crippen molar-refractivity contribution in [2.24, 2.45) is 5.41 Å². The van der Waals surface area contributed by atoms with E-state index in [2.05, 4.69) is 19.9 Å². The normalized spacial score (nSPS) is 26.7. The summed E-state index contributed by atoms with van der Waals surface area (Å²) >= 11 is 0. The first-order chi connectivity index (χ1) is 7.02. The van der Waals surface area contributed by atoms with Gasteiger partial charge in [0.25, 0.3) is 0 Å². The zero-order valence-corrected chi connectivity index (χ0v) is 10.2. The van der Waals surface area contributed by atoms with E-state index < -0.39 is 0 Å². The molecule has 0 fully saturated rings. The number of ketones is 1. The summed E-state index contributed by atoms with van der Waals surface area (Å²) < 4.78 is 0. The quantitative estimate of drug-likeness (QED) is 0.501. The van der Waals surface area contributed by atoms with Gasteiger partial charge < -0.3 is 0 Å². The van der Waals surface area contributed by atoms with Crippen molar-refractivity contribution in [3.63, 3.8) is 0 Å². The summed E-state index contributed by atoms with van der Waals surface area (Å²) in [5, 5.41) is 0. The van der Waals surface area contributed by atoms with Crippen molar-refractivity contribution >= 4 is 5.78 Å². The first-order valence-corrected chi connectivity index (χ1v) is 5.85. The largest absolute Gasteiger partial charge is 0.295 e. The van der Waals surface area contributed by atoms with Gasteiger partial charge in [-0.15, -0.1) is 0 Å². The fraction of sp³-hybridized carbons (Fsp3) is 0.643. The van der Waals surface area contributed by atoms with Gasteiger partial charge in [-0.25, -0.2) is 0 Å². The Bertz CT molecular complexity index is 286. The lowest BCUT2D eigenvalue weighted by atomic mass is 9.74. The second kappa shape index (κ2) is 5.29. The summed E-state index contributed by atoms with van der Waals surface area (Å²) in [6.07, 6.45) is 12.0. The smallest absolute Gasteiger partial charge is 0.152 e. The van der Waals surface area contributed by atoms with Gasteiger partial charge in [0.1, 0.15) is 0 Å². The minimum absolute atomic E-state index is 0.152. The van der Waals surface area contributed by atoms with Gasteiger partial charge in [-0.2, -0.15) is 0 Å². The molecular formula is C14H22O. The summed E-state index contributed by atoms with van der Waals surface area (Å²) in [4.78, 5) is 10.7. The molecular weight excluding hydrogens is 184 g/mol. The van der Waals surface area contributed by atoms with E-state index in [0.29, 0.717) is 5.41 Å². The van der Waals surface area contributed by atoms with Crippen LogP contribution in [0.5, 0.6) is 0 Å². The lowest BCUT2D eigenvalue weighted by molar-refractivity contribution is -0.112. The van der Waals surface area contributed by atoms with Crippen LogP contribution >= 0.6 is 0 Å². The Morgan fingerprint density at radius 2 is 2.33 bits per heavy atom. The minimum atomic E-state index is 0.152.